The Morgan fingerprint density at radius 1 is 1.16 bits per heavy atom. The van der Waals surface area contributed by atoms with Gasteiger partial charge in [0.25, 0.3) is 0 Å². The third-order valence-corrected chi connectivity index (χ3v) is 3.53. The molecule has 1 unspecified atom stereocenters. The van der Waals surface area contributed by atoms with Gasteiger partial charge in [0.1, 0.15) is 11.6 Å². The van der Waals surface area contributed by atoms with Crippen molar-refractivity contribution in [2.45, 2.75) is 12.5 Å². The molecule has 0 bridgehead atoms. The molecule has 0 radical (unpaired) electrons. The minimum Gasteiger partial charge on any atom is -0.313 e. The van der Waals surface area contributed by atoms with Gasteiger partial charge in [-0.2, -0.15) is 0 Å². The molecule has 0 aliphatic carbocycles. The third kappa shape index (κ3) is 3.61. The van der Waals surface area contributed by atoms with Crippen molar-refractivity contribution in [3.05, 3.63) is 69.7 Å². The highest BCUT2D eigenvalue weighted by Gasteiger charge is 2.13. The topological polar surface area (TPSA) is 12.0 Å². The van der Waals surface area contributed by atoms with Crippen LogP contribution in [0, 0.1) is 11.6 Å². The zero-order chi connectivity index (χ0) is 13.8. The second-order valence-corrected chi connectivity index (χ2v) is 5.25. The Morgan fingerprint density at radius 3 is 2.58 bits per heavy atom. The predicted octanol–water partition coefficient (Wildman–Crippen LogP) is 4.23. The quantitative estimate of drug-likeness (QED) is 0.887. The summed E-state index contributed by atoms with van der Waals surface area (Å²) in [5.41, 5.74) is 1.56. The first-order chi connectivity index (χ1) is 9.10. The lowest BCUT2D eigenvalue weighted by Gasteiger charge is -2.17. The van der Waals surface area contributed by atoms with Crippen molar-refractivity contribution in [1.29, 1.82) is 0 Å². The van der Waals surface area contributed by atoms with Crippen molar-refractivity contribution in [3.8, 4) is 0 Å². The van der Waals surface area contributed by atoms with Crippen LogP contribution in [0.1, 0.15) is 17.2 Å². The van der Waals surface area contributed by atoms with E-state index in [1.54, 1.807) is 0 Å². The van der Waals surface area contributed by atoms with E-state index in [1.165, 1.54) is 12.1 Å². The predicted molar refractivity (Wildman–Crippen MR) is 76.0 cm³/mol. The van der Waals surface area contributed by atoms with Gasteiger partial charge in [-0.05, 0) is 42.8 Å². The van der Waals surface area contributed by atoms with E-state index in [1.807, 2.05) is 31.3 Å². The highest BCUT2D eigenvalue weighted by Crippen LogP contribution is 2.23. The summed E-state index contributed by atoms with van der Waals surface area (Å²) in [5.74, 6) is -1.06. The lowest BCUT2D eigenvalue weighted by molar-refractivity contribution is 0.540. The Kier molecular flexibility index (Phi) is 4.66. The summed E-state index contributed by atoms with van der Waals surface area (Å²) in [6, 6.07) is 11.5. The van der Waals surface area contributed by atoms with Gasteiger partial charge in [-0.15, -0.1) is 0 Å². The van der Waals surface area contributed by atoms with Gasteiger partial charge in [0, 0.05) is 16.6 Å². The molecule has 0 saturated heterocycles. The van der Waals surface area contributed by atoms with E-state index in [0.29, 0.717) is 12.0 Å². The van der Waals surface area contributed by atoms with E-state index in [9.17, 15) is 8.78 Å². The first-order valence-corrected chi connectivity index (χ1v) is 6.76. The fourth-order valence-electron chi connectivity index (χ4n) is 2.02. The Morgan fingerprint density at radius 2 is 1.95 bits per heavy atom. The molecule has 0 saturated carbocycles. The zero-order valence-corrected chi connectivity index (χ0v) is 12.0. The van der Waals surface area contributed by atoms with Gasteiger partial charge in [0.15, 0.2) is 0 Å². The third-order valence-electron chi connectivity index (χ3n) is 3.04. The molecule has 1 nitrogen and oxygen atoms in total. The van der Waals surface area contributed by atoms with E-state index in [-0.39, 0.29) is 6.04 Å². The van der Waals surface area contributed by atoms with Crippen LogP contribution in [0.2, 0.25) is 0 Å². The van der Waals surface area contributed by atoms with E-state index in [4.69, 9.17) is 0 Å². The first kappa shape index (κ1) is 14.2. The van der Waals surface area contributed by atoms with Crippen molar-refractivity contribution >= 4 is 15.9 Å². The van der Waals surface area contributed by atoms with Crippen LogP contribution in [0.25, 0.3) is 0 Å². The first-order valence-electron chi connectivity index (χ1n) is 5.97. The highest BCUT2D eigenvalue weighted by atomic mass is 79.9. The molecule has 0 aromatic heterocycles. The number of rotatable bonds is 4. The number of likely N-dealkylation sites (N-methyl/N-ethyl adjacent to an activating group) is 1. The number of nitrogens with one attached hydrogen (secondary N) is 1. The monoisotopic (exact) mass is 325 g/mol. The van der Waals surface area contributed by atoms with Gasteiger partial charge < -0.3 is 5.32 Å². The molecule has 2 rings (SSSR count). The molecular weight excluding hydrogens is 312 g/mol. The molecule has 19 heavy (non-hydrogen) atoms. The highest BCUT2D eigenvalue weighted by molar-refractivity contribution is 9.10. The van der Waals surface area contributed by atoms with Crippen molar-refractivity contribution in [2.24, 2.45) is 0 Å². The molecule has 0 aliphatic heterocycles. The van der Waals surface area contributed by atoms with Crippen LogP contribution in [0.3, 0.4) is 0 Å². The van der Waals surface area contributed by atoms with E-state index in [2.05, 4.69) is 21.2 Å². The minimum atomic E-state index is -0.551. The Labute approximate surface area is 119 Å². The fourth-order valence-corrected chi connectivity index (χ4v) is 2.43. The molecule has 1 N–H and O–H groups in total. The van der Waals surface area contributed by atoms with Crippen molar-refractivity contribution < 1.29 is 8.78 Å². The summed E-state index contributed by atoms with van der Waals surface area (Å²) in [7, 11) is 1.83. The van der Waals surface area contributed by atoms with Crippen LogP contribution in [-0.2, 0) is 6.42 Å². The minimum absolute atomic E-state index is 0.0162. The lowest BCUT2D eigenvalue weighted by atomic mass is 9.99. The van der Waals surface area contributed by atoms with Gasteiger partial charge in [-0.25, -0.2) is 8.78 Å². The molecule has 4 heteroatoms. The zero-order valence-electron chi connectivity index (χ0n) is 10.5. The molecular formula is C15H14BrF2N. The molecule has 2 aromatic rings. The van der Waals surface area contributed by atoms with Gasteiger partial charge >= 0.3 is 0 Å². The lowest BCUT2D eigenvalue weighted by Crippen LogP contribution is -2.19. The van der Waals surface area contributed by atoms with Crippen LogP contribution >= 0.6 is 15.9 Å². The average molecular weight is 326 g/mol. The van der Waals surface area contributed by atoms with Crippen LogP contribution < -0.4 is 5.32 Å². The maximum absolute atomic E-state index is 13.7. The van der Waals surface area contributed by atoms with Crippen molar-refractivity contribution in [2.75, 3.05) is 7.05 Å². The maximum atomic E-state index is 13.7. The van der Waals surface area contributed by atoms with Crippen molar-refractivity contribution in [3.63, 3.8) is 0 Å². The number of hydrogen-bond donors (Lipinski definition) is 1. The maximum Gasteiger partial charge on any atom is 0.129 e. The average Bonchev–Trinajstić information content (AvgIpc) is 2.38. The molecule has 2 aromatic carbocycles. The largest absolute Gasteiger partial charge is 0.313 e. The summed E-state index contributed by atoms with van der Waals surface area (Å²) >= 11 is 3.42. The van der Waals surface area contributed by atoms with Crippen LogP contribution in [0.5, 0.6) is 0 Å². The number of halogens is 3. The van der Waals surface area contributed by atoms with Gasteiger partial charge in [0.05, 0.1) is 0 Å². The normalized spacial score (nSPS) is 12.4. The van der Waals surface area contributed by atoms with Crippen LogP contribution in [-0.4, -0.2) is 7.05 Å². The van der Waals surface area contributed by atoms with Gasteiger partial charge in [-0.1, -0.05) is 34.1 Å². The van der Waals surface area contributed by atoms with Crippen LogP contribution in [0.4, 0.5) is 8.78 Å². The SMILES string of the molecule is CNC(Cc1ccc(F)cc1F)c1cccc(Br)c1. The van der Waals surface area contributed by atoms with Crippen LogP contribution in [0.15, 0.2) is 46.9 Å². The molecule has 1 atom stereocenters. The summed E-state index contributed by atoms with van der Waals surface area (Å²) in [5, 5.41) is 3.15. The second-order valence-electron chi connectivity index (χ2n) is 4.34. The summed E-state index contributed by atoms with van der Waals surface area (Å²) in [4.78, 5) is 0. The van der Waals surface area contributed by atoms with E-state index >= 15 is 0 Å². The standard InChI is InChI=1S/C15H14BrF2N/c1-19-15(11-3-2-4-12(16)7-11)8-10-5-6-13(17)9-14(10)18/h2-7,9,15,19H,8H2,1H3. The second kappa shape index (κ2) is 6.26. The Bertz CT molecular complexity index is 572. The van der Waals surface area contributed by atoms with Gasteiger partial charge in [0.2, 0.25) is 0 Å². The van der Waals surface area contributed by atoms with Crippen molar-refractivity contribution in [1.82, 2.24) is 5.32 Å². The number of hydrogen-bond acceptors (Lipinski definition) is 1. The molecule has 0 amide bonds. The Hall–Kier alpha value is -1.26. The summed E-state index contributed by atoms with van der Waals surface area (Å²) < 4.78 is 27.5. The molecule has 100 valence electrons. The summed E-state index contributed by atoms with van der Waals surface area (Å²) in [6.07, 6.45) is 0.471. The van der Waals surface area contributed by atoms with E-state index in [0.717, 1.165) is 16.1 Å². The summed E-state index contributed by atoms with van der Waals surface area (Å²) in [6.45, 7) is 0. The fraction of sp³-hybridized carbons (Fsp3) is 0.200. The smallest absolute Gasteiger partial charge is 0.129 e. The molecule has 0 fully saturated rings. The molecule has 0 aliphatic rings. The van der Waals surface area contributed by atoms with E-state index < -0.39 is 11.6 Å². The Balaban J connectivity index is 2.24. The molecule has 0 heterocycles. The molecule has 0 spiro atoms. The van der Waals surface area contributed by atoms with Gasteiger partial charge in [-0.3, -0.25) is 0 Å². The number of benzene rings is 2.